The molecule has 1 saturated carbocycles. The molecule has 0 spiro atoms. The van der Waals surface area contributed by atoms with Crippen LogP contribution in [0, 0.1) is 5.82 Å². The molecule has 2 atom stereocenters. The van der Waals surface area contributed by atoms with Crippen LogP contribution in [0.2, 0.25) is 5.02 Å². The first-order valence-electron chi connectivity index (χ1n) is 11.0. The number of ether oxygens (including phenoxy) is 2. The Balaban J connectivity index is 1.74. The number of anilines is 1. The van der Waals surface area contributed by atoms with Crippen molar-refractivity contribution in [2.24, 2.45) is 0 Å². The van der Waals surface area contributed by atoms with Gasteiger partial charge in [-0.3, -0.25) is 4.79 Å². The molecule has 2 N–H and O–H groups in total. The van der Waals surface area contributed by atoms with Crippen molar-refractivity contribution in [3.63, 3.8) is 0 Å². The van der Waals surface area contributed by atoms with Gasteiger partial charge in [-0.25, -0.2) is 14.0 Å². The normalized spacial score (nSPS) is 20.6. The number of carboxylic acids is 1. The number of hydrogen-bond acceptors (Lipinski definition) is 6. The van der Waals surface area contributed by atoms with E-state index in [4.69, 9.17) is 21.1 Å². The van der Waals surface area contributed by atoms with Crippen molar-refractivity contribution in [3.05, 3.63) is 38.9 Å². The maximum atomic E-state index is 15.4. The molecular formula is C23H27ClFN3O6. The number of aromatic nitrogens is 1. The molecule has 0 radical (unpaired) electrons. The molecule has 34 heavy (non-hydrogen) atoms. The molecule has 184 valence electrons. The van der Waals surface area contributed by atoms with Crippen molar-refractivity contribution in [2.45, 2.75) is 57.4 Å². The fraction of sp³-hybridized carbons (Fsp3) is 0.522. The maximum absolute atomic E-state index is 15.4. The summed E-state index contributed by atoms with van der Waals surface area (Å²) in [6.07, 6.45) is 1.82. The van der Waals surface area contributed by atoms with Crippen molar-refractivity contribution in [1.29, 1.82) is 0 Å². The Morgan fingerprint density at radius 1 is 1.26 bits per heavy atom. The highest BCUT2D eigenvalue weighted by Gasteiger charge is 2.38. The molecule has 1 aliphatic heterocycles. The fourth-order valence-corrected chi connectivity index (χ4v) is 4.72. The van der Waals surface area contributed by atoms with Crippen LogP contribution >= 0.6 is 11.6 Å². The molecule has 2 fully saturated rings. The molecule has 11 heteroatoms. The van der Waals surface area contributed by atoms with Gasteiger partial charge in [-0.05, 0) is 39.7 Å². The number of nitrogens with one attached hydrogen (secondary N) is 1. The number of carboxylic acid groups (broad SMARTS) is 1. The average molecular weight is 496 g/mol. The number of aromatic carboxylic acids is 1. The molecule has 0 unspecified atom stereocenters. The second-order valence-corrected chi connectivity index (χ2v) is 10.0. The van der Waals surface area contributed by atoms with Gasteiger partial charge in [0.1, 0.15) is 17.0 Å². The minimum Gasteiger partial charge on any atom is -0.477 e. The van der Waals surface area contributed by atoms with E-state index in [9.17, 15) is 19.5 Å². The second kappa shape index (κ2) is 8.74. The minimum absolute atomic E-state index is 0.0103. The fourth-order valence-electron chi connectivity index (χ4n) is 4.31. The molecule has 2 aliphatic rings. The number of nitrogens with zero attached hydrogens (tertiary/aromatic N) is 2. The van der Waals surface area contributed by atoms with Gasteiger partial charge in [-0.1, -0.05) is 11.6 Å². The van der Waals surface area contributed by atoms with Crippen molar-refractivity contribution >= 4 is 40.3 Å². The average Bonchev–Trinajstić information content (AvgIpc) is 3.48. The summed E-state index contributed by atoms with van der Waals surface area (Å²) in [5.41, 5.74) is -1.52. The van der Waals surface area contributed by atoms with Crippen LogP contribution < -0.4 is 15.6 Å². The molecule has 1 saturated heterocycles. The van der Waals surface area contributed by atoms with Gasteiger partial charge >= 0.3 is 12.1 Å². The molecular weight excluding hydrogens is 469 g/mol. The zero-order valence-corrected chi connectivity index (χ0v) is 20.1. The maximum Gasteiger partial charge on any atom is 0.408 e. The summed E-state index contributed by atoms with van der Waals surface area (Å²) in [5, 5.41) is 12.1. The van der Waals surface area contributed by atoms with E-state index in [1.165, 1.54) is 13.3 Å². The van der Waals surface area contributed by atoms with E-state index in [2.05, 4.69) is 5.32 Å². The number of methoxy groups -OCH3 is 1. The van der Waals surface area contributed by atoms with Crippen molar-refractivity contribution < 1.29 is 28.6 Å². The summed E-state index contributed by atoms with van der Waals surface area (Å²) < 4.78 is 27.9. The van der Waals surface area contributed by atoms with Gasteiger partial charge in [0.25, 0.3) is 0 Å². The predicted octanol–water partition coefficient (Wildman–Crippen LogP) is 3.56. The SMILES string of the molecule is CO[C@@H]1CN(c2c(F)cc3c(=O)c(C(=O)O)cn(C4CC4)c3c2Cl)C[C@@H]1NC(=O)OC(C)(C)C. The van der Waals surface area contributed by atoms with Crippen LogP contribution in [0.5, 0.6) is 0 Å². The number of fused-ring (bicyclic) bond motifs is 1. The number of amides is 1. The first-order chi connectivity index (χ1) is 15.9. The first-order valence-corrected chi connectivity index (χ1v) is 11.4. The molecule has 2 heterocycles. The molecule has 0 bridgehead atoms. The Hall–Kier alpha value is -2.85. The molecule has 2 aromatic rings. The van der Waals surface area contributed by atoms with Crippen LogP contribution in [0.1, 0.15) is 50.0 Å². The molecule has 1 amide bonds. The number of pyridine rings is 1. The highest BCUT2D eigenvalue weighted by Crippen LogP contribution is 2.42. The molecule has 9 nitrogen and oxygen atoms in total. The van der Waals surface area contributed by atoms with Gasteiger partial charge in [0.05, 0.1) is 33.8 Å². The minimum atomic E-state index is -1.37. The summed E-state index contributed by atoms with van der Waals surface area (Å²) >= 11 is 6.70. The summed E-state index contributed by atoms with van der Waals surface area (Å²) in [6, 6.07) is 0.538. The standard InChI is InChI=1S/C23H27ClFN3O6/c1-23(2,3)34-22(32)26-15-9-27(10-16(15)33-4)19-14(25)7-12-18(17(19)24)28(11-5-6-11)8-13(20(12)29)21(30)31/h7-8,11,15-16H,5-6,9-10H2,1-4H3,(H,26,32)(H,30,31)/t15-,16+/m0/s1. The van der Waals surface area contributed by atoms with Gasteiger partial charge < -0.3 is 29.4 Å². The second-order valence-electron chi connectivity index (χ2n) is 9.66. The topological polar surface area (TPSA) is 110 Å². The number of benzene rings is 1. The van der Waals surface area contributed by atoms with Crippen LogP contribution in [0.4, 0.5) is 14.9 Å². The summed E-state index contributed by atoms with van der Waals surface area (Å²) in [7, 11) is 1.49. The van der Waals surface area contributed by atoms with Crippen molar-refractivity contribution in [2.75, 3.05) is 25.1 Å². The summed E-state index contributed by atoms with van der Waals surface area (Å²) in [4.78, 5) is 38.3. The molecule has 1 aliphatic carbocycles. The van der Waals surface area contributed by atoms with Gasteiger partial charge in [0, 0.05) is 32.4 Å². The highest BCUT2D eigenvalue weighted by molar-refractivity contribution is 6.38. The third kappa shape index (κ3) is 4.56. The molecule has 4 rings (SSSR count). The largest absolute Gasteiger partial charge is 0.477 e. The molecule has 1 aromatic heterocycles. The van der Waals surface area contributed by atoms with Gasteiger partial charge in [0.15, 0.2) is 0 Å². The lowest BCUT2D eigenvalue weighted by Crippen LogP contribution is -2.45. The van der Waals surface area contributed by atoms with Crippen LogP contribution in [0.3, 0.4) is 0 Å². The van der Waals surface area contributed by atoms with E-state index in [-0.39, 0.29) is 35.2 Å². The van der Waals surface area contributed by atoms with Gasteiger partial charge in [-0.15, -0.1) is 0 Å². The van der Waals surface area contributed by atoms with Crippen molar-refractivity contribution in [1.82, 2.24) is 9.88 Å². The Morgan fingerprint density at radius 2 is 1.94 bits per heavy atom. The lowest BCUT2D eigenvalue weighted by atomic mass is 10.1. The number of carbonyl (C=O) groups excluding carboxylic acids is 1. The zero-order chi connectivity index (χ0) is 24.9. The van der Waals surface area contributed by atoms with E-state index in [0.717, 1.165) is 18.9 Å². The number of alkyl carbamates (subject to hydrolysis) is 1. The van der Waals surface area contributed by atoms with Crippen LogP contribution in [-0.4, -0.2) is 59.7 Å². The number of carbonyl (C=O) groups is 2. The van der Waals surface area contributed by atoms with E-state index in [1.54, 1.807) is 30.2 Å². The third-order valence-corrected chi connectivity index (χ3v) is 6.30. The van der Waals surface area contributed by atoms with Gasteiger partial charge in [0.2, 0.25) is 5.43 Å². The van der Waals surface area contributed by atoms with E-state index < -0.39 is 46.6 Å². The van der Waals surface area contributed by atoms with Crippen LogP contribution in [0.15, 0.2) is 17.1 Å². The molecule has 1 aromatic carbocycles. The lowest BCUT2D eigenvalue weighted by molar-refractivity contribution is 0.0417. The van der Waals surface area contributed by atoms with Gasteiger partial charge in [-0.2, -0.15) is 0 Å². The monoisotopic (exact) mass is 495 g/mol. The van der Waals surface area contributed by atoms with Crippen LogP contribution in [0.25, 0.3) is 10.9 Å². The first kappa shape index (κ1) is 24.3. The Labute approximate surface area is 200 Å². The van der Waals surface area contributed by atoms with Crippen molar-refractivity contribution in [3.8, 4) is 0 Å². The Kier molecular flexibility index (Phi) is 6.24. The number of rotatable bonds is 5. The predicted molar refractivity (Wildman–Crippen MR) is 125 cm³/mol. The Morgan fingerprint density at radius 3 is 2.50 bits per heavy atom. The smallest absolute Gasteiger partial charge is 0.408 e. The summed E-state index contributed by atoms with van der Waals surface area (Å²) in [5.74, 6) is -2.13. The quantitative estimate of drug-likeness (QED) is 0.652. The number of halogens is 2. The van der Waals surface area contributed by atoms with E-state index >= 15 is 4.39 Å². The lowest BCUT2D eigenvalue weighted by Gasteiger charge is -2.24. The van der Waals surface area contributed by atoms with E-state index in [0.29, 0.717) is 5.52 Å². The van der Waals surface area contributed by atoms with Crippen LogP contribution in [-0.2, 0) is 9.47 Å². The Bertz CT molecular complexity index is 1220. The number of hydrogen-bond donors (Lipinski definition) is 2. The third-order valence-electron chi connectivity index (χ3n) is 5.94. The highest BCUT2D eigenvalue weighted by atomic mass is 35.5. The zero-order valence-electron chi connectivity index (χ0n) is 19.4. The van der Waals surface area contributed by atoms with E-state index in [1.807, 2.05) is 0 Å². The summed E-state index contributed by atoms with van der Waals surface area (Å²) in [6.45, 7) is 5.68.